The highest BCUT2D eigenvalue weighted by Gasteiger charge is 2.26. The third-order valence-electron chi connectivity index (χ3n) is 5.28. The van der Waals surface area contributed by atoms with Crippen LogP contribution in [-0.2, 0) is 11.3 Å². The van der Waals surface area contributed by atoms with Crippen LogP contribution < -0.4 is 0 Å². The summed E-state index contributed by atoms with van der Waals surface area (Å²) in [6.45, 7) is 0.828. The molecule has 1 atom stereocenters. The molecule has 0 unspecified atom stereocenters. The molecule has 0 spiro atoms. The number of nitrogens with zero attached hydrogens (tertiary/aromatic N) is 5. The van der Waals surface area contributed by atoms with Crippen LogP contribution in [0, 0.1) is 11.3 Å². The largest absolute Gasteiger partial charge is 0.481 e. The summed E-state index contributed by atoms with van der Waals surface area (Å²) < 4.78 is 7.55. The average molecular weight is 385 g/mol. The second kappa shape index (κ2) is 6.56. The number of carboxylic acid groups (broad SMARTS) is 1. The number of aromatic nitrogens is 4. The third kappa shape index (κ3) is 2.93. The van der Waals surface area contributed by atoms with Crippen molar-refractivity contribution in [1.29, 1.82) is 5.26 Å². The molecular weight excluding hydrogens is 370 g/mol. The lowest BCUT2D eigenvalue weighted by molar-refractivity contribution is -0.137. The monoisotopic (exact) mass is 385 g/mol. The molecule has 0 amide bonds. The van der Waals surface area contributed by atoms with E-state index in [0.29, 0.717) is 23.0 Å². The van der Waals surface area contributed by atoms with Crippen LogP contribution in [0.15, 0.2) is 47.1 Å². The highest BCUT2D eigenvalue weighted by Crippen LogP contribution is 2.37. The van der Waals surface area contributed by atoms with Gasteiger partial charge in [-0.25, -0.2) is 4.98 Å². The molecule has 0 saturated carbocycles. The van der Waals surface area contributed by atoms with Crippen molar-refractivity contribution in [1.82, 2.24) is 19.7 Å². The zero-order valence-electron chi connectivity index (χ0n) is 15.2. The molecule has 1 aliphatic heterocycles. The Labute approximate surface area is 165 Å². The molecule has 0 radical (unpaired) electrons. The number of carbonyl (C=O) groups is 1. The molecule has 0 fully saturated rings. The van der Waals surface area contributed by atoms with Crippen LogP contribution in [0.25, 0.3) is 33.7 Å². The Hall–Kier alpha value is -3.99. The number of fused-ring (bicyclic) bond motifs is 3. The first kappa shape index (κ1) is 17.1. The molecule has 5 rings (SSSR count). The molecule has 0 aliphatic carbocycles. The summed E-state index contributed by atoms with van der Waals surface area (Å²) in [4.78, 5) is 19.6. The highest BCUT2D eigenvalue weighted by atomic mass is 16.5. The normalized spacial score (nSPS) is 15.3. The van der Waals surface area contributed by atoms with Gasteiger partial charge in [0.1, 0.15) is 11.8 Å². The molecule has 1 N–H and O–H groups in total. The zero-order chi connectivity index (χ0) is 20.0. The van der Waals surface area contributed by atoms with Crippen LogP contribution in [0.3, 0.4) is 0 Å². The molecule has 3 aromatic heterocycles. The summed E-state index contributed by atoms with van der Waals surface area (Å²) in [7, 11) is 0. The Bertz CT molecular complexity index is 1280. The van der Waals surface area contributed by atoms with Crippen LogP contribution in [0.1, 0.15) is 30.1 Å². The summed E-state index contributed by atoms with van der Waals surface area (Å²) >= 11 is 0. The minimum absolute atomic E-state index is 0.0454. The Kier molecular flexibility index (Phi) is 3.88. The van der Waals surface area contributed by atoms with E-state index in [2.05, 4.69) is 25.8 Å². The van der Waals surface area contributed by atoms with Gasteiger partial charge in [0, 0.05) is 40.8 Å². The van der Waals surface area contributed by atoms with Gasteiger partial charge in [0.05, 0.1) is 12.0 Å². The fourth-order valence-corrected chi connectivity index (χ4v) is 3.91. The third-order valence-corrected chi connectivity index (χ3v) is 5.28. The fraction of sp³-hybridized carbons (Fsp3) is 0.190. The van der Waals surface area contributed by atoms with Gasteiger partial charge in [-0.2, -0.15) is 10.2 Å². The molecular formula is C21H15N5O3. The molecule has 0 bridgehead atoms. The van der Waals surface area contributed by atoms with Crippen molar-refractivity contribution in [2.24, 2.45) is 0 Å². The summed E-state index contributed by atoms with van der Waals surface area (Å²) in [5.41, 5.74) is 3.92. The van der Waals surface area contributed by atoms with Gasteiger partial charge in [0.25, 0.3) is 5.89 Å². The predicted octanol–water partition coefficient (Wildman–Crippen LogP) is 3.59. The van der Waals surface area contributed by atoms with E-state index in [1.807, 2.05) is 24.3 Å². The number of hydrogen-bond donors (Lipinski definition) is 1. The number of carboxylic acids is 1. The average Bonchev–Trinajstić information content (AvgIpc) is 3.44. The van der Waals surface area contributed by atoms with E-state index in [-0.39, 0.29) is 12.3 Å². The van der Waals surface area contributed by atoms with Gasteiger partial charge in [0.2, 0.25) is 5.82 Å². The van der Waals surface area contributed by atoms with Crippen molar-refractivity contribution in [3.05, 3.63) is 54.0 Å². The molecule has 8 heteroatoms. The number of benzene rings is 1. The van der Waals surface area contributed by atoms with Gasteiger partial charge in [-0.05, 0) is 42.8 Å². The van der Waals surface area contributed by atoms with Crippen molar-refractivity contribution in [2.45, 2.75) is 25.3 Å². The minimum Gasteiger partial charge on any atom is -0.481 e. The minimum atomic E-state index is -0.772. The van der Waals surface area contributed by atoms with E-state index in [1.54, 1.807) is 12.1 Å². The SMILES string of the molecule is N#Cc1ccc(-c2nc(-c3ccc4c(c3)cc3n4CC[C@H]3CC(=O)O)no2)cn1. The fourth-order valence-electron chi connectivity index (χ4n) is 3.91. The molecule has 8 nitrogen and oxygen atoms in total. The Morgan fingerprint density at radius 3 is 2.90 bits per heavy atom. The van der Waals surface area contributed by atoms with E-state index in [4.69, 9.17) is 14.9 Å². The van der Waals surface area contributed by atoms with Crippen LogP contribution in [0.5, 0.6) is 0 Å². The molecule has 1 aliphatic rings. The number of pyridine rings is 1. The quantitative estimate of drug-likeness (QED) is 0.570. The van der Waals surface area contributed by atoms with Gasteiger partial charge in [0.15, 0.2) is 0 Å². The Balaban J connectivity index is 1.48. The van der Waals surface area contributed by atoms with Crippen molar-refractivity contribution in [3.8, 4) is 28.9 Å². The van der Waals surface area contributed by atoms with Crippen LogP contribution in [-0.4, -0.2) is 30.8 Å². The number of nitriles is 1. The van der Waals surface area contributed by atoms with Gasteiger partial charge in [-0.15, -0.1) is 0 Å². The summed E-state index contributed by atoms with van der Waals surface area (Å²) in [6.07, 6.45) is 2.53. The standard InChI is InChI=1S/C21H15N5O3/c22-10-16-3-1-14(11-23-16)21-24-20(25-29-21)13-2-4-17-15(7-13)8-18-12(9-19(27)28)5-6-26(17)18/h1-4,7-8,11-12H,5-6,9H2,(H,27,28)/t12-/m0/s1. The van der Waals surface area contributed by atoms with Gasteiger partial charge in [-0.3, -0.25) is 4.79 Å². The molecule has 4 heterocycles. The van der Waals surface area contributed by atoms with Crippen LogP contribution in [0.4, 0.5) is 0 Å². The number of rotatable bonds is 4. The predicted molar refractivity (Wildman–Crippen MR) is 103 cm³/mol. The first-order valence-electron chi connectivity index (χ1n) is 9.18. The van der Waals surface area contributed by atoms with Gasteiger partial charge >= 0.3 is 5.97 Å². The van der Waals surface area contributed by atoms with Crippen molar-refractivity contribution in [2.75, 3.05) is 0 Å². The van der Waals surface area contributed by atoms with Gasteiger partial charge < -0.3 is 14.2 Å². The highest BCUT2D eigenvalue weighted by molar-refractivity contribution is 5.86. The molecule has 142 valence electrons. The maximum atomic E-state index is 11.1. The second-order valence-electron chi connectivity index (χ2n) is 7.04. The van der Waals surface area contributed by atoms with Crippen LogP contribution >= 0.6 is 0 Å². The summed E-state index contributed by atoms with van der Waals surface area (Å²) in [5.74, 6) is 0.0627. The molecule has 29 heavy (non-hydrogen) atoms. The second-order valence-corrected chi connectivity index (χ2v) is 7.04. The van der Waals surface area contributed by atoms with Crippen molar-refractivity contribution < 1.29 is 14.4 Å². The molecule has 1 aromatic carbocycles. The smallest absolute Gasteiger partial charge is 0.304 e. The number of aliphatic carboxylic acids is 1. The van der Waals surface area contributed by atoms with Crippen molar-refractivity contribution >= 4 is 16.9 Å². The number of aryl methyl sites for hydroxylation is 1. The topological polar surface area (TPSA) is 118 Å². The zero-order valence-corrected chi connectivity index (χ0v) is 15.2. The first-order chi connectivity index (χ1) is 14.1. The Morgan fingerprint density at radius 1 is 1.28 bits per heavy atom. The maximum Gasteiger partial charge on any atom is 0.304 e. The lowest BCUT2D eigenvalue weighted by Crippen LogP contribution is -2.02. The van der Waals surface area contributed by atoms with Crippen molar-refractivity contribution in [3.63, 3.8) is 0 Å². The van der Waals surface area contributed by atoms with E-state index in [9.17, 15) is 4.79 Å². The van der Waals surface area contributed by atoms with E-state index in [0.717, 1.165) is 35.1 Å². The maximum absolute atomic E-state index is 11.1. The van der Waals surface area contributed by atoms with E-state index in [1.165, 1.54) is 6.20 Å². The van der Waals surface area contributed by atoms with Gasteiger partial charge in [-0.1, -0.05) is 5.16 Å². The first-order valence-corrected chi connectivity index (χ1v) is 9.18. The lowest BCUT2D eigenvalue weighted by atomic mass is 10.0. The van der Waals surface area contributed by atoms with E-state index < -0.39 is 5.97 Å². The van der Waals surface area contributed by atoms with Crippen LogP contribution in [0.2, 0.25) is 0 Å². The summed E-state index contributed by atoms with van der Waals surface area (Å²) in [5, 5.41) is 23.1. The number of hydrogen-bond acceptors (Lipinski definition) is 6. The Morgan fingerprint density at radius 2 is 2.14 bits per heavy atom. The summed E-state index contributed by atoms with van der Waals surface area (Å²) in [6, 6.07) is 13.3. The van der Waals surface area contributed by atoms with E-state index >= 15 is 0 Å². The lowest BCUT2D eigenvalue weighted by Gasteiger charge is -2.04. The molecule has 0 saturated heterocycles. The molecule has 4 aromatic rings.